The van der Waals surface area contributed by atoms with Gasteiger partial charge in [-0.15, -0.1) is 12.4 Å². The van der Waals surface area contributed by atoms with Crippen LogP contribution in [0, 0.1) is 0 Å². The number of halogens is 1. The van der Waals surface area contributed by atoms with E-state index in [0.717, 1.165) is 0 Å². The fraction of sp³-hybridized carbons (Fsp3) is 0.467. The van der Waals surface area contributed by atoms with Crippen molar-refractivity contribution in [1.82, 2.24) is 15.5 Å². The molecule has 0 radical (unpaired) electrons. The molecule has 0 fully saturated rings. The van der Waals surface area contributed by atoms with Crippen molar-refractivity contribution >= 4 is 12.4 Å². The molecule has 2 aromatic rings. The molecule has 7 nitrogen and oxygen atoms in total. The summed E-state index contributed by atoms with van der Waals surface area (Å²) in [4.78, 5) is 4.41. The smallest absolute Gasteiger partial charge is 0.261 e. The quantitative estimate of drug-likeness (QED) is 0.826. The lowest BCUT2D eigenvalue weighted by molar-refractivity contribution is 0.324. The van der Waals surface area contributed by atoms with Gasteiger partial charge in [0.15, 0.2) is 17.3 Å². The predicted molar refractivity (Wildman–Crippen MR) is 88.9 cm³/mol. The highest BCUT2D eigenvalue weighted by Crippen LogP contribution is 2.43. The Hall–Kier alpha value is -1.99. The summed E-state index contributed by atoms with van der Waals surface area (Å²) in [7, 11) is 6.57. The van der Waals surface area contributed by atoms with Crippen LogP contribution < -0.4 is 19.5 Å². The Morgan fingerprint density at radius 3 is 2.39 bits per heavy atom. The number of aromatic nitrogens is 2. The second-order valence-corrected chi connectivity index (χ2v) is 4.79. The fourth-order valence-electron chi connectivity index (χ4n) is 2.09. The highest BCUT2D eigenvalue weighted by atomic mass is 35.5. The van der Waals surface area contributed by atoms with Gasteiger partial charge in [-0.3, -0.25) is 0 Å². The third kappa shape index (κ3) is 4.05. The molecule has 0 aliphatic heterocycles. The molecule has 0 amide bonds. The summed E-state index contributed by atoms with van der Waals surface area (Å²) in [6.45, 7) is 2.05. The Kier molecular flexibility index (Phi) is 7.12. The van der Waals surface area contributed by atoms with Crippen molar-refractivity contribution in [2.75, 3.05) is 28.4 Å². The summed E-state index contributed by atoms with van der Waals surface area (Å²) in [5.41, 5.74) is 0.663. The number of ether oxygens (including phenoxy) is 3. The zero-order valence-corrected chi connectivity index (χ0v) is 14.7. The molecule has 1 heterocycles. The molecular formula is C15H22ClN3O4. The van der Waals surface area contributed by atoms with Crippen molar-refractivity contribution in [1.29, 1.82) is 0 Å². The second-order valence-electron chi connectivity index (χ2n) is 4.79. The van der Waals surface area contributed by atoms with Crippen LogP contribution in [0.1, 0.15) is 12.7 Å². The summed E-state index contributed by atoms with van der Waals surface area (Å²) in [6.07, 6.45) is 0.676. The number of likely N-dealkylation sites (N-methyl/N-ethyl adjacent to an activating group) is 1. The van der Waals surface area contributed by atoms with E-state index in [1.54, 1.807) is 33.5 Å². The van der Waals surface area contributed by atoms with Crippen molar-refractivity contribution in [2.24, 2.45) is 0 Å². The van der Waals surface area contributed by atoms with Gasteiger partial charge in [0.25, 0.3) is 5.89 Å². The van der Waals surface area contributed by atoms with E-state index >= 15 is 0 Å². The Balaban J connectivity index is 0.00000264. The minimum atomic E-state index is 0. The van der Waals surface area contributed by atoms with Gasteiger partial charge < -0.3 is 24.1 Å². The largest absolute Gasteiger partial charge is 0.493 e. The molecule has 0 bridgehead atoms. The molecule has 2 rings (SSSR count). The minimum Gasteiger partial charge on any atom is -0.493 e. The van der Waals surface area contributed by atoms with Gasteiger partial charge in [-0.25, -0.2) is 0 Å². The maximum atomic E-state index is 5.43. The van der Waals surface area contributed by atoms with Gasteiger partial charge in [-0.2, -0.15) is 4.98 Å². The average molecular weight is 344 g/mol. The summed E-state index contributed by atoms with van der Waals surface area (Å²) in [6, 6.07) is 3.84. The summed E-state index contributed by atoms with van der Waals surface area (Å²) in [5, 5.41) is 7.14. The van der Waals surface area contributed by atoms with Gasteiger partial charge in [0.1, 0.15) is 0 Å². The maximum Gasteiger partial charge on any atom is 0.261 e. The van der Waals surface area contributed by atoms with E-state index in [2.05, 4.69) is 15.5 Å². The van der Waals surface area contributed by atoms with E-state index in [1.807, 2.05) is 14.0 Å². The molecule has 0 saturated heterocycles. The van der Waals surface area contributed by atoms with E-state index in [9.17, 15) is 0 Å². The summed E-state index contributed by atoms with van der Waals surface area (Å²) in [5.74, 6) is 2.58. The van der Waals surface area contributed by atoms with Crippen LogP contribution in [0.2, 0.25) is 0 Å². The van der Waals surface area contributed by atoms with Gasteiger partial charge in [0.2, 0.25) is 5.75 Å². The SMILES string of the molecule is CNC(C)Cc1noc(-c2ccc(OC)c(OC)c2OC)n1.Cl. The number of hydrogen-bond acceptors (Lipinski definition) is 7. The molecule has 0 aliphatic carbocycles. The average Bonchev–Trinajstić information content (AvgIpc) is 3.01. The van der Waals surface area contributed by atoms with Crippen molar-refractivity contribution in [2.45, 2.75) is 19.4 Å². The number of methoxy groups -OCH3 is 3. The van der Waals surface area contributed by atoms with E-state index < -0.39 is 0 Å². The van der Waals surface area contributed by atoms with Gasteiger partial charge in [-0.05, 0) is 26.1 Å². The predicted octanol–water partition coefficient (Wildman–Crippen LogP) is 2.33. The van der Waals surface area contributed by atoms with Gasteiger partial charge in [0.05, 0.1) is 26.9 Å². The van der Waals surface area contributed by atoms with Crippen LogP contribution in [-0.2, 0) is 6.42 Å². The van der Waals surface area contributed by atoms with E-state index in [-0.39, 0.29) is 18.4 Å². The standard InChI is InChI=1S/C15H21N3O4.ClH/c1-9(16-2)8-12-17-15(22-18-12)10-6-7-11(19-3)14(21-5)13(10)20-4;/h6-7,9,16H,8H2,1-5H3;1H. The molecule has 0 aliphatic rings. The Morgan fingerprint density at radius 1 is 1.13 bits per heavy atom. The van der Waals surface area contributed by atoms with Gasteiger partial charge in [-0.1, -0.05) is 5.16 Å². The van der Waals surface area contributed by atoms with Gasteiger partial charge in [0, 0.05) is 12.5 Å². The van der Waals surface area contributed by atoms with E-state index in [0.29, 0.717) is 40.9 Å². The van der Waals surface area contributed by atoms with E-state index in [4.69, 9.17) is 18.7 Å². The van der Waals surface area contributed by atoms with Crippen molar-refractivity contribution in [3.05, 3.63) is 18.0 Å². The van der Waals surface area contributed by atoms with Crippen LogP contribution in [0.3, 0.4) is 0 Å². The lowest BCUT2D eigenvalue weighted by atomic mass is 10.1. The number of rotatable bonds is 7. The molecular weight excluding hydrogens is 322 g/mol. The number of nitrogens with zero attached hydrogens (tertiary/aromatic N) is 2. The van der Waals surface area contributed by atoms with Crippen molar-refractivity contribution in [3.63, 3.8) is 0 Å². The lowest BCUT2D eigenvalue weighted by Gasteiger charge is -2.13. The third-order valence-electron chi connectivity index (χ3n) is 3.38. The first kappa shape index (κ1) is 19.1. The first-order chi connectivity index (χ1) is 10.6. The zero-order chi connectivity index (χ0) is 16.1. The first-order valence-electron chi connectivity index (χ1n) is 6.93. The second kappa shape index (κ2) is 8.59. The molecule has 1 atom stereocenters. The Morgan fingerprint density at radius 2 is 1.83 bits per heavy atom. The Bertz CT molecular complexity index is 633. The molecule has 1 aromatic heterocycles. The maximum absolute atomic E-state index is 5.43. The highest BCUT2D eigenvalue weighted by Gasteiger charge is 2.21. The monoisotopic (exact) mass is 343 g/mol. The fourth-order valence-corrected chi connectivity index (χ4v) is 2.09. The molecule has 0 saturated carbocycles. The number of nitrogens with one attached hydrogen (secondary N) is 1. The summed E-state index contributed by atoms with van der Waals surface area (Å²) < 4.78 is 21.4. The lowest BCUT2D eigenvalue weighted by Crippen LogP contribution is -2.24. The summed E-state index contributed by atoms with van der Waals surface area (Å²) >= 11 is 0. The van der Waals surface area contributed by atoms with Crippen LogP contribution in [0.25, 0.3) is 11.5 Å². The molecule has 128 valence electrons. The first-order valence-corrected chi connectivity index (χ1v) is 6.93. The highest BCUT2D eigenvalue weighted by molar-refractivity contribution is 5.85. The van der Waals surface area contributed by atoms with Crippen LogP contribution >= 0.6 is 12.4 Å². The number of benzene rings is 1. The van der Waals surface area contributed by atoms with Crippen LogP contribution in [0.15, 0.2) is 16.7 Å². The van der Waals surface area contributed by atoms with E-state index in [1.165, 1.54) is 0 Å². The molecule has 1 N–H and O–H groups in total. The van der Waals surface area contributed by atoms with Crippen LogP contribution in [0.4, 0.5) is 0 Å². The molecule has 0 spiro atoms. The van der Waals surface area contributed by atoms with Crippen LogP contribution in [-0.4, -0.2) is 44.6 Å². The van der Waals surface area contributed by atoms with Crippen molar-refractivity contribution < 1.29 is 18.7 Å². The molecule has 1 unspecified atom stereocenters. The molecule has 8 heteroatoms. The molecule has 1 aromatic carbocycles. The molecule has 23 heavy (non-hydrogen) atoms. The van der Waals surface area contributed by atoms with Crippen LogP contribution in [0.5, 0.6) is 17.2 Å². The van der Waals surface area contributed by atoms with Gasteiger partial charge >= 0.3 is 0 Å². The topological polar surface area (TPSA) is 78.6 Å². The van der Waals surface area contributed by atoms with Crippen molar-refractivity contribution in [3.8, 4) is 28.7 Å². The number of hydrogen-bond donors (Lipinski definition) is 1. The minimum absolute atomic E-state index is 0. The third-order valence-corrected chi connectivity index (χ3v) is 3.38. The Labute approximate surface area is 141 Å². The zero-order valence-electron chi connectivity index (χ0n) is 13.9. The normalized spacial score (nSPS) is 11.5.